The highest BCUT2D eigenvalue weighted by Gasteiger charge is 2.21. The van der Waals surface area contributed by atoms with Crippen molar-refractivity contribution < 1.29 is 0 Å². The second-order valence-corrected chi connectivity index (χ2v) is 6.35. The quantitative estimate of drug-likeness (QED) is 0.788. The summed E-state index contributed by atoms with van der Waals surface area (Å²) in [6.45, 7) is 7.81. The van der Waals surface area contributed by atoms with Gasteiger partial charge in [0.15, 0.2) is 4.77 Å². The number of aromatic nitrogens is 2. The van der Waals surface area contributed by atoms with Crippen LogP contribution in [0.5, 0.6) is 0 Å². The number of aromatic amines is 1. The Kier molecular flexibility index (Phi) is 3.24. The lowest BCUT2D eigenvalue weighted by atomic mass is 9.83. The van der Waals surface area contributed by atoms with Crippen LogP contribution in [0, 0.1) is 10.7 Å². The summed E-state index contributed by atoms with van der Waals surface area (Å²) in [7, 11) is 0. The van der Waals surface area contributed by atoms with E-state index >= 15 is 0 Å². The lowest BCUT2D eigenvalue weighted by Gasteiger charge is -2.27. The van der Waals surface area contributed by atoms with Gasteiger partial charge in [-0.15, -0.1) is 0 Å². The van der Waals surface area contributed by atoms with Crippen molar-refractivity contribution in [3.63, 3.8) is 0 Å². The molecule has 0 spiro atoms. The van der Waals surface area contributed by atoms with E-state index in [9.17, 15) is 0 Å². The average Bonchev–Trinajstić information content (AvgIpc) is 2.44. The monoisotopic (exact) mass is 238 g/mol. The molecule has 1 aromatic rings. The van der Waals surface area contributed by atoms with Gasteiger partial charge < -0.3 is 9.55 Å². The molecule has 2 nitrogen and oxygen atoms in total. The number of hydrogen-bond acceptors (Lipinski definition) is 1. The molecule has 0 amide bonds. The molecule has 1 N–H and O–H groups in total. The third kappa shape index (κ3) is 2.40. The second-order valence-electron chi connectivity index (χ2n) is 5.97. The minimum Gasteiger partial charge on any atom is -0.337 e. The van der Waals surface area contributed by atoms with E-state index in [1.165, 1.54) is 31.4 Å². The molecule has 1 aliphatic rings. The van der Waals surface area contributed by atoms with E-state index in [4.69, 9.17) is 12.2 Å². The van der Waals surface area contributed by atoms with Gasteiger partial charge in [-0.25, -0.2) is 0 Å². The molecular weight excluding hydrogens is 216 g/mol. The molecule has 1 saturated carbocycles. The van der Waals surface area contributed by atoms with Crippen LogP contribution in [0.25, 0.3) is 0 Å². The first-order valence-electron chi connectivity index (χ1n) is 6.27. The van der Waals surface area contributed by atoms with Gasteiger partial charge >= 0.3 is 0 Å². The molecular formula is C13H22N2S. The zero-order valence-electron chi connectivity index (χ0n) is 10.5. The van der Waals surface area contributed by atoms with E-state index in [0.717, 1.165) is 17.2 Å². The van der Waals surface area contributed by atoms with E-state index in [0.29, 0.717) is 0 Å². The predicted octanol–water partition coefficient (Wildman–Crippen LogP) is 4.03. The Morgan fingerprint density at radius 1 is 1.44 bits per heavy atom. The van der Waals surface area contributed by atoms with E-state index in [1.807, 2.05) is 0 Å². The van der Waals surface area contributed by atoms with Crippen molar-refractivity contribution in [3.05, 3.63) is 16.7 Å². The molecule has 16 heavy (non-hydrogen) atoms. The molecule has 1 fully saturated rings. The van der Waals surface area contributed by atoms with Gasteiger partial charge in [-0.05, 0) is 24.6 Å². The lowest BCUT2D eigenvalue weighted by Crippen LogP contribution is -2.20. The molecule has 1 heterocycles. The molecule has 0 aliphatic heterocycles. The molecule has 0 bridgehead atoms. The Morgan fingerprint density at radius 3 is 2.62 bits per heavy atom. The maximum Gasteiger partial charge on any atom is 0.177 e. The Hall–Kier alpha value is -0.570. The third-order valence-corrected chi connectivity index (χ3v) is 3.96. The maximum atomic E-state index is 5.36. The number of rotatable bonds is 3. The number of H-pyrrole nitrogens is 1. The first kappa shape index (κ1) is 11.9. The van der Waals surface area contributed by atoms with E-state index < -0.39 is 0 Å². The zero-order chi connectivity index (χ0) is 11.8. The van der Waals surface area contributed by atoms with Crippen LogP contribution in [0.3, 0.4) is 0 Å². The van der Waals surface area contributed by atoms with Crippen molar-refractivity contribution in [1.82, 2.24) is 9.55 Å². The van der Waals surface area contributed by atoms with Gasteiger partial charge in [-0.3, -0.25) is 0 Å². The highest BCUT2D eigenvalue weighted by Crippen LogP contribution is 2.30. The summed E-state index contributed by atoms with van der Waals surface area (Å²) in [5, 5.41) is 0. The van der Waals surface area contributed by atoms with Gasteiger partial charge in [0.2, 0.25) is 0 Å². The molecule has 0 atom stereocenters. The zero-order valence-corrected chi connectivity index (χ0v) is 11.4. The molecule has 0 radical (unpaired) electrons. The fraction of sp³-hybridized carbons (Fsp3) is 0.769. The summed E-state index contributed by atoms with van der Waals surface area (Å²) in [6.07, 6.45) is 7.62. The number of hydrogen-bond donors (Lipinski definition) is 1. The maximum absolute atomic E-state index is 5.36. The van der Waals surface area contributed by atoms with Crippen LogP contribution in [0.1, 0.15) is 52.1 Å². The molecule has 3 heteroatoms. The molecule has 0 aromatic carbocycles. The van der Waals surface area contributed by atoms with Crippen molar-refractivity contribution in [2.45, 2.75) is 58.4 Å². The van der Waals surface area contributed by atoms with Gasteiger partial charge in [0.05, 0.1) is 0 Å². The molecule has 1 aromatic heterocycles. The van der Waals surface area contributed by atoms with Crippen molar-refractivity contribution >= 4 is 12.2 Å². The molecule has 0 unspecified atom stereocenters. The lowest BCUT2D eigenvalue weighted by molar-refractivity contribution is 0.279. The predicted molar refractivity (Wildman–Crippen MR) is 70.3 cm³/mol. The van der Waals surface area contributed by atoms with Crippen LogP contribution in [0.15, 0.2) is 6.20 Å². The first-order chi connectivity index (χ1) is 7.48. The van der Waals surface area contributed by atoms with E-state index in [-0.39, 0.29) is 5.41 Å². The molecule has 1 aliphatic carbocycles. The van der Waals surface area contributed by atoms with Gasteiger partial charge in [-0.2, -0.15) is 0 Å². The summed E-state index contributed by atoms with van der Waals surface area (Å²) in [6, 6.07) is 0. The van der Waals surface area contributed by atoms with Crippen LogP contribution < -0.4 is 0 Å². The molecule has 0 saturated heterocycles. The van der Waals surface area contributed by atoms with Crippen molar-refractivity contribution in [2.24, 2.45) is 5.92 Å². The summed E-state index contributed by atoms with van der Waals surface area (Å²) < 4.78 is 3.16. The fourth-order valence-electron chi connectivity index (χ4n) is 2.33. The largest absolute Gasteiger partial charge is 0.337 e. The summed E-state index contributed by atoms with van der Waals surface area (Å²) in [4.78, 5) is 3.18. The highest BCUT2D eigenvalue weighted by atomic mass is 32.1. The smallest absolute Gasteiger partial charge is 0.177 e. The number of nitrogens with one attached hydrogen (secondary N) is 1. The minimum atomic E-state index is 0.174. The summed E-state index contributed by atoms with van der Waals surface area (Å²) in [5.41, 5.74) is 1.50. The Bertz CT molecular complexity index is 404. The highest BCUT2D eigenvalue weighted by molar-refractivity contribution is 7.71. The standard InChI is InChI=1S/C13H22N2S/c1-13(2,3)11-9-14-12(16)15(11)8-7-10-5-4-6-10/h9-10H,4-8H2,1-3H3,(H,14,16). The van der Waals surface area contributed by atoms with E-state index in [1.54, 1.807) is 0 Å². The Labute approximate surface area is 103 Å². The third-order valence-electron chi connectivity index (χ3n) is 3.62. The van der Waals surface area contributed by atoms with Crippen LogP contribution >= 0.6 is 12.2 Å². The van der Waals surface area contributed by atoms with Gasteiger partial charge in [0.1, 0.15) is 0 Å². The molecule has 2 rings (SSSR count). The average molecular weight is 238 g/mol. The summed E-state index contributed by atoms with van der Waals surface area (Å²) in [5.74, 6) is 0.949. The van der Waals surface area contributed by atoms with Crippen LogP contribution in [-0.2, 0) is 12.0 Å². The van der Waals surface area contributed by atoms with Crippen molar-refractivity contribution in [2.75, 3.05) is 0 Å². The summed E-state index contributed by atoms with van der Waals surface area (Å²) >= 11 is 5.36. The number of imidazole rings is 1. The molecule has 90 valence electrons. The van der Waals surface area contributed by atoms with Crippen LogP contribution in [0.4, 0.5) is 0 Å². The van der Waals surface area contributed by atoms with Crippen LogP contribution in [-0.4, -0.2) is 9.55 Å². The van der Waals surface area contributed by atoms with Crippen molar-refractivity contribution in [3.8, 4) is 0 Å². The van der Waals surface area contributed by atoms with Gasteiger partial charge in [0, 0.05) is 23.9 Å². The van der Waals surface area contributed by atoms with Crippen LogP contribution in [0.2, 0.25) is 0 Å². The Balaban J connectivity index is 2.12. The Morgan fingerprint density at radius 2 is 2.12 bits per heavy atom. The van der Waals surface area contributed by atoms with E-state index in [2.05, 4.69) is 36.5 Å². The number of nitrogens with zero attached hydrogens (tertiary/aromatic N) is 1. The topological polar surface area (TPSA) is 20.7 Å². The first-order valence-corrected chi connectivity index (χ1v) is 6.68. The SMILES string of the molecule is CC(C)(C)c1c[nH]c(=S)n1CCC1CCC1. The van der Waals surface area contributed by atoms with Gasteiger partial charge in [-0.1, -0.05) is 40.0 Å². The van der Waals surface area contributed by atoms with Gasteiger partial charge in [0.25, 0.3) is 0 Å². The van der Waals surface area contributed by atoms with Crippen molar-refractivity contribution in [1.29, 1.82) is 0 Å². The normalized spacial score (nSPS) is 17.4. The second kappa shape index (κ2) is 4.36. The minimum absolute atomic E-state index is 0.174. The fourth-order valence-corrected chi connectivity index (χ4v) is 2.58.